The van der Waals surface area contributed by atoms with E-state index in [0.717, 1.165) is 29.0 Å². The highest BCUT2D eigenvalue weighted by atomic mass is 31.1. The quantitative estimate of drug-likeness (QED) is 0.200. The van der Waals surface area contributed by atoms with Crippen LogP contribution in [0.5, 0.6) is 0 Å². The number of nitrogens with one attached hydrogen (secondary N) is 2. The van der Waals surface area contributed by atoms with Gasteiger partial charge in [-0.2, -0.15) is 0 Å². The molecule has 4 heteroatoms. The van der Waals surface area contributed by atoms with E-state index >= 15 is 0 Å². The highest BCUT2D eigenvalue weighted by molar-refractivity contribution is 7.79. The standard InChI is InChI=1S/C36H32N3P/c1-6-27-22(4)37-33-16-13-24(19-30(27)33)40(25-14-17-34-31(20-25)28(7-2)23(5)38-34)26-15-18-36-32(21-26)29-11-9-10-12-35(29)39(36)8-3/h6-7,9-21,37-38H,1-2,8H2,3-5H3. The minimum Gasteiger partial charge on any atom is -0.358 e. The van der Waals surface area contributed by atoms with E-state index in [0.29, 0.717) is 0 Å². The lowest BCUT2D eigenvalue weighted by Gasteiger charge is -2.20. The normalized spacial score (nSPS) is 11.9. The van der Waals surface area contributed by atoms with Gasteiger partial charge in [-0.3, -0.25) is 0 Å². The highest BCUT2D eigenvalue weighted by Gasteiger charge is 2.21. The van der Waals surface area contributed by atoms with E-state index in [1.165, 1.54) is 59.6 Å². The van der Waals surface area contributed by atoms with Crippen LogP contribution in [0.4, 0.5) is 0 Å². The van der Waals surface area contributed by atoms with Gasteiger partial charge in [-0.25, -0.2) is 0 Å². The second kappa shape index (κ2) is 9.40. The number of aryl methyl sites for hydroxylation is 3. The van der Waals surface area contributed by atoms with Crippen LogP contribution in [-0.4, -0.2) is 14.5 Å². The molecule has 0 aliphatic rings. The largest absolute Gasteiger partial charge is 0.358 e. The van der Waals surface area contributed by atoms with Crippen molar-refractivity contribution in [3.05, 3.63) is 115 Å². The number of hydrogen-bond donors (Lipinski definition) is 2. The molecule has 0 radical (unpaired) electrons. The molecule has 0 aliphatic heterocycles. The number of aromatic amines is 2. The fraction of sp³-hybridized carbons (Fsp3) is 0.111. The fourth-order valence-corrected chi connectivity index (χ4v) is 8.78. The van der Waals surface area contributed by atoms with Crippen LogP contribution in [0.25, 0.3) is 55.8 Å². The Labute approximate surface area is 235 Å². The summed E-state index contributed by atoms with van der Waals surface area (Å²) in [6.45, 7) is 15.6. The lowest BCUT2D eigenvalue weighted by Crippen LogP contribution is -2.20. The molecule has 0 amide bonds. The zero-order chi connectivity index (χ0) is 27.5. The van der Waals surface area contributed by atoms with Crippen molar-refractivity contribution < 1.29 is 0 Å². The maximum Gasteiger partial charge on any atom is 0.0491 e. The number of benzene rings is 4. The van der Waals surface area contributed by atoms with Gasteiger partial charge in [0.15, 0.2) is 0 Å². The summed E-state index contributed by atoms with van der Waals surface area (Å²) in [5.74, 6) is 0. The third kappa shape index (κ3) is 3.62. The average molecular weight is 538 g/mol. The molecular formula is C36H32N3P. The van der Waals surface area contributed by atoms with Gasteiger partial charge in [-0.1, -0.05) is 61.7 Å². The summed E-state index contributed by atoms with van der Waals surface area (Å²) < 4.78 is 2.42. The molecule has 0 saturated carbocycles. The maximum atomic E-state index is 4.10. The Bertz CT molecular complexity index is 2030. The number of fused-ring (bicyclic) bond motifs is 5. The zero-order valence-corrected chi connectivity index (χ0v) is 24.1. The van der Waals surface area contributed by atoms with Crippen LogP contribution >= 0.6 is 7.92 Å². The van der Waals surface area contributed by atoms with Crippen molar-refractivity contribution in [2.75, 3.05) is 0 Å². The van der Waals surface area contributed by atoms with Crippen LogP contribution < -0.4 is 15.9 Å². The SMILES string of the molecule is C=Cc1c(C)[nH]c2ccc(P(c3ccc4[nH]c(C)c(C=C)c4c3)c3ccc4c(c3)c3ccccc3n4CC)cc12. The molecular weight excluding hydrogens is 505 g/mol. The van der Waals surface area contributed by atoms with Gasteiger partial charge in [0.1, 0.15) is 0 Å². The molecule has 3 nitrogen and oxygen atoms in total. The van der Waals surface area contributed by atoms with Gasteiger partial charge in [-0.15, -0.1) is 0 Å². The van der Waals surface area contributed by atoms with Gasteiger partial charge in [0.05, 0.1) is 0 Å². The Morgan fingerprint density at radius 2 is 1.15 bits per heavy atom. The van der Waals surface area contributed by atoms with Gasteiger partial charge < -0.3 is 14.5 Å². The topological polar surface area (TPSA) is 36.5 Å². The van der Waals surface area contributed by atoms with E-state index in [1.54, 1.807) is 0 Å². The first-order valence-corrected chi connectivity index (χ1v) is 15.2. The molecule has 0 atom stereocenters. The van der Waals surface area contributed by atoms with Crippen LogP contribution in [0.1, 0.15) is 29.4 Å². The summed E-state index contributed by atoms with van der Waals surface area (Å²) in [5.41, 5.74) is 9.55. The first-order valence-electron chi connectivity index (χ1n) is 13.8. The first kappa shape index (κ1) is 24.7. The summed E-state index contributed by atoms with van der Waals surface area (Å²) in [6, 6.07) is 29.7. The summed E-state index contributed by atoms with van der Waals surface area (Å²) in [7, 11) is -0.838. The van der Waals surface area contributed by atoms with E-state index in [-0.39, 0.29) is 0 Å². The van der Waals surface area contributed by atoms with E-state index in [9.17, 15) is 0 Å². The minimum absolute atomic E-state index is 0.838. The molecule has 0 spiro atoms. The first-order chi connectivity index (χ1) is 19.5. The Kier molecular flexibility index (Phi) is 5.80. The van der Waals surface area contributed by atoms with Gasteiger partial charge in [-0.05, 0) is 87.1 Å². The second-order valence-corrected chi connectivity index (χ2v) is 12.7. The van der Waals surface area contributed by atoms with Crippen LogP contribution in [0.15, 0.2) is 92.0 Å². The van der Waals surface area contributed by atoms with Gasteiger partial charge in [0.25, 0.3) is 0 Å². The van der Waals surface area contributed by atoms with E-state index in [2.05, 4.69) is 127 Å². The average Bonchev–Trinajstić information content (AvgIpc) is 3.59. The van der Waals surface area contributed by atoms with Crippen molar-refractivity contribution >= 4 is 79.6 Å². The molecule has 3 heterocycles. The predicted octanol–water partition coefficient (Wildman–Crippen LogP) is 8.44. The Morgan fingerprint density at radius 1 is 0.650 bits per heavy atom. The van der Waals surface area contributed by atoms with Crippen molar-refractivity contribution in [1.29, 1.82) is 0 Å². The highest BCUT2D eigenvalue weighted by Crippen LogP contribution is 2.39. The number of hydrogen-bond acceptors (Lipinski definition) is 0. The van der Waals surface area contributed by atoms with Gasteiger partial charge in [0, 0.05) is 72.7 Å². The Hall–Kier alpha value is -4.33. The maximum absolute atomic E-state index is 4.10. The fourth-order valence-electron chi connectivity index (χ4n) is 6.44. The second-order valence-electron chi connectivity index (χ2n) is 10.5. The number of rotatable bonds is 6. The van der Waals surface area contributed by atoms with Gasteiger partial charge in [0.2, 0.25) is 0 Å². The minimum atomic E-state index is -0.838. The van der Waals surface area contributed by atoms with Crippen molar-refractivity contribution in [2.24, 2.45) is 0 Å². The molecule has 0 fully saturated rings. The Morgan fingerprint density at radius 3 is 1.70 bits per heavy atom. The monoisotopic (exact) mass is 537 g/mol. The summed E-state index contributed by atoms with van der Waals surface area (Å²) in [5, 5.41) is 9.09. The molecule has 0 bridgehead atoms. The molecule has 40 heavy (non-hydrogen) atoms. The van der Waals surface area contributed by atoms with E-state index in [1.807, 2.05) is 12.2 Å². The molecule has 196 valence electrons. The molecule has 7 rings (SSSR count). The van der Waals surface area contributed by atoms with Crippen molar-refractivity contribution in [1.82, 2.24) is 14.5 Å². The number of aromatic nitrogens is 3. The molecule has 7 aromatic rings. The smallest absolute Gasteiger partial charge is 0.0491 e. The summed E-state index contributed by atoms with van der Waals surface area (Å²) in [4.78, 5) is 7.07. The van der Waals surface area contributed by atoms with E-state index in [4.69, 9.17) is 0 Å². The van der Waals surface area contributed by atoms with Gasteiger partial charge >= 0.3 is 0 Å². The molecule has 0 saturated heterocycles. The summed E-state index contributed by atoms with van der Waals surface area (Å²) >= 11 is 0. The van der Waals surface area contributed by atoms with Crippen LogP contribution in [0, 0.1) is 13.8 Å². The zero-order valence-electron chi connectivity index (χ0n) is 23.2. The third-order valence-corrected chi connectivity index (χ3v) is 10.7. The molecule has 2 N–H and O–H groups in total. The number of H-pyrrole nitrogens is 2. The van der Waals surface area contributed by atoms with Crippen molar-refractivity contribution in [3.63, 3.8) is 0 Å². The summed E-state index contributed by atoms with van der Waals surface area (Å²) in [6.07, 6.45) is 3.94. The number of para-hydroxylation sites is 1. The molecule has 0 unspecified atom stereocenters. The van der Waals surface area contributed by atoms with Crippen molar-refractivity contribution in [3.8, 4) is 0 Å². The molecule has 4 aromatic carbocycles. The van der Waals surface area contributed by atoms with Crippen LogP contribution in [0.2, 0.25) is 0 Å². The lowest BCUT2D eigenvalue weighted by atomic mass is 10.1. The molecule has 0 aliphatic carbocycles. The molecule has 3 aromatic heterocycles. The van der Waals surface area contributed by atoms with Crippen LogP contribution in [-0.2, 0) is 6.54 Å². The Balaban J connectivity index is 1.52. The number of nitrogens with zero attached hydrogens (tertiary/aromatic N) is 1. The predicted molar refractivity (Wildman–Crippen MR) is 177 cm³/mol. The lowest BCUT2D eigenvalue weighted by molar-refractivity contribution is 0.827. The van der Waals surface area contributed by atoms with Crippen LogP contribution in [0.3, 0.4) is 0 Å². The van der Waals surface area contributed by atoms with E-state index < -0.39 is 7.92 Å². The van der Waals surface area contributed by atoms with Crippen molar-refractivity contribution in [2.45, 2.75) is 27.3 Å². The third-order valence-electron chi connectivity index (χ3n) is 8.29.